The summed E-state index contributed by atoms with van der Waals surface area (Å²) in [6.45, 7) is 3.96. The predicted molar refractivity (Wildman–Crippen MR) is 85.1 cm³/mol. The van der Waals surface area contributed by atoms with E-state index in [-0.39, 0.29) is 0 Å². The van der Waals surface area contributed by atoms with E-state index in [0.717, 1.165) is 21.2 Å². The van der Waals surface area contributed by atoms with Crippen molar-refractivity contribution in [3.05, 3.63) is 57.1 Å². The van der Waals surface area contributed by atoms with Gasteiger partial charge in [-0.15, -0.1) is 0 Å². The highest BCUT2D eigenvalue weighted by Crippen LogP contribution is 2.36. The van der Waals surface area contributed by atoms with Gasteiger partial charge in [-0.2, -0.15) is 0 Å². The maximum absolute atomic E-state index is 10.7. The lowest BCUT2D eigenvalue weighted by atomic mass is 9.94. The fourth-order valence-corrected chi connectivity index (χ4v) is 2.78. The van der Waals surface area contributed by atoms with Crippen molar-refractivity contribution in [3.63, 3.8) is 0 Å². The zero-order chi connectivity index (χ0) is 14.9. The molecule has 0 amide bonds. The zero-order valence-electron chi connectivity index (χ0n) is 11.8. The molecular weight excluding hydrogens is 318 g/mol. The van der Waals surface area contributed by atoms with Gasteiger partial charge in [-0.05, 0) is 49.2 Å². The first-order valence-corrected chi connectivity index (χ1v) is 7.11. The lowest BCUT2D eigenvalue weighted by Gasteiger charge is -2.20. The average molecular weight is 336 g/mol. The van der Waals surface area contributed by atoms with Gasteiger partial charge < -0.3 is 15.6 Å². The molecule has 0 fully saturated rings. The normalized spacial score (nSPS) is 12.2. The molecule has 1 atom stereocenters. The third-order valence-electron chi connectivity index (χ3n) is 3.33. The average Bonchev–Trinajstić information content (AvgIpc) is 2.40. The van der Waals surface area contributed by atoms with Crippen molar-refractivity contribution in [1.82, 2.24) is 0 Å². The molecule has 0 aliphatic rings. The van der Waals surface area contributed by atoms with Crippen LogP contribution >= 0.6 is 15.9 Å². The van der Waals surface area contributed by atoms with Crippen LogP contribution in [0.15, 0.2) is 34.8 Å². The van der Waals surface area contributed by atoms with Crippen LogP contribution < -0.4 is 10.5 Å². The van der Waals surface area contributed by atoms with Gasteiger partial charge in [0.05, 0.1) is 7.11 Å². The quantitative estimate of drug-likeness (QED) is 0.840. The van der Waals surface area contributed by atoms with Gasteiger partial charge in [-0.1, -0.05) is 22.0 Å². The lowest BCUT2D eigenvalue weighted by Crippen LogP contribution is -2.08. The summed E-state index contributed by atoms with van der Waals surface area (Å²) in [4.78, 5) is 0. The Bertz CT molecular complexity index is 641. The lowest BCUT2D eigenvalue weighted by molar-refractivity contribution is 0.214. The second kappa shape index (κ2) is 5.85. The first-order chi connectivity index (χ1) is 9.43. The van der Waals surface area contributed by atoms with Crippen LogP contribution in [0, 0.1) is 13.8 Å². The summed E-state index contributed by atoms with van der Waals surface area (Å²) >= 11 is 3.40. The van der Waals surface area contributed by atoms with Gasteiger partial charge in [0.15, 0.2) is 0 Å². The molecule has 2 aromatic rings. The number of halogens is 1. The van der Waals surface area contributed by atoms with Crippen molar-refractivity contribution in [2.75, 3.05) is 12.8 Å². The van der Waals surface area contributed by atoms with Crippen molar-refractivity contribution in [2.24, 2.45) is 0 Å². The molecule has 20 heavy (non-hydrogen) atoms. The van der Waals surface area contributed by atoms with Crippen LogP contribution in [0.25, 0.3) is 0 Å². The van der Waals surface area contributed by atoms with E-state index in [2.05, 4.69) is 15.9 Å². The van der Waals surface area contributed by atoms with Crippen molar-refractivity contribution < 1.29 is 9.84 Å². The SMILES string of the molecule is COc1cc(C)cc(C)c1C(O)c1cc(Br)ccc1N. The van der Waals surface area contributed by atoms with Gasteiger partial charge in [0.2, 0.25) is 0 Å². The van der Waals surface area contributed by atoms with E-state index in [4.69, 9.17) is 10.5 Å². The van der Waals surface area contributed by atoms with Crippen LogP contribution in [0.1, 0.15) is 28.4 Å². The number of benzene rings is 2. The number of anilines is 1. The monoisotopic (exact) mass is 335 g/mol. The molecule has 3 nitrogen and oxygen atoms in total. The van der Waals surface area contributed by atoms with E-state index in [1.165, 1.54) is 0 Å². The first-order valence-electron chi connectivity index (χ1n) is 6.32. The number of aliphatic hydroxyl groups excluding tert-OH is 1. The molecule has 0 bridgehead atoms. The number of methoxy groups -OCH3 is 1. The number of nitrogens with two attached hydrogens (primary N) is 1. The molecule has 0 spiro atoms. The van der Waals surface area contributed by atoms with Gasteiger partial charge in [0, 0.05) is 21.3 Å². The van der Waals surface area contributed by atoms with E-state index < -0.39 is 6.10 Å². The maximum atomic E-state index is 10.7. The van der Waals surface area contributed by atoms with Crippen LogP contribution in [0.3, 0.4) is 0 Å². The molecule has 0 heterocycles. The molecular formula is C16H18BrNO2. The minimum absolute atomic E-state index is 0.558. The van der Waals surface area contributed by atoms with E-state index >= 15 is 0 Å². The second-order valence-corrected chi connectivity index (χ2v) is 5.79. The molecule has 2 rings (SSSR count). The van der Waals surface area contributed by atoms with Gasteiger partial charge in [-0.3, -0.25) is 0 Å². The summed E-state index contributed by atoms with van der Waals surface area (Å²) in [5.41, 5.74) is 10.0. The number of aliphatic hydroxyl groups is 1. The summed E-state index contributed by atoms with van der Waals surface area (Å²) in [5, 5.41) is 10.7. The Morgan fingerprint density at radius 1 is 1.20 bits per heavy atom. The molecule has 0 aromatic heterocycles. The Labute approximate surface area is 127 Å². The van der Waals surface area contributed by atoms with Crippen LogP contribution in [-0.4, -0.2) is 12.2 Å². The summed E-state index contributed by atoms with van der Waals surface area (Å²) in [6.07, 6.45) is -0.817. The van der Waals surface area contributed by atoms with Gasteiger partial charge in [0.1, 0.15) is 11.9 Å². The van der Waals surface area contributed by atoms with E-state index in [9.17, 15) is 5.11 Å². The molecule has 0 saturated heterocycles. The second-order valence-electron chi connectivity index (χ2n) is 4.87. The highest BCUT2D eigenvalue weighted by atomic mass is 79.9. The summed E-state index contributed by atoms with van der Waals surface area (Å²) in [6, 6.07) is 9.40. The fourth-order valence-electron chi connectivity index (χ4n) is 2.40. The number of aryl methyl sites for hydroxylation is 2. The molecule has 0 aliphatic carbocycles. The van der Waals surface area contributed by atoms with Crippen molar-refractivity contribution in [3.8, 4) is 5.75 Å². The standard InChI is InChI=1S/C16H18BrNO2/c1-9-6-10(2)15(14(7-9)20-3)16(19)12-8-11(17)4-5-13(12)18/h4-8,16,19H,18H2,1-3H3. The number of hydrogen-bond donors (Lipinski definition) is 2. The van der Waals surface area contributed by atoms with Crippen LogP contribution in [0.2, 0.25) is 0 Å². The largest absolute Gasteiger partial charge is 0.496 e. The third kappa shape index (κ3) is 2.81. The van der Waals surface area contributed by atoms with Crippen LogP contribution in [0.5, 0.6) is 5.75 Å². The molecule has 2 aromatic carbocycles. The predicted octanol–water partition coefficient (Wildman–Crippen LogP) is 3.74. The third-order valence-corrected chi connectivity index (χ3v) is 3.82. The molecule has 0 saturated carbocycles. The minimum Gasteiger partial charge on any atom is -0.496 e. The van der Waals surface area contributed by atoms with Gasteiger partial charge in [-0.25, -0.2) is 0 Å². The molecule has 0 aliphatic heterocycles. The summed E-state index contributed by atoms with van der Waals surface area (Å²) in [7, 11) is 1.61. The highest BCUT2D eigenvalue weighted by molar-refractivity contribution is 9.10. The summed E-state index contributed by atoms with van der Waals surface area (Å²) in [5.74, 6) is 0.675. The van der Waals surface area contributed by atoms with E-state index in [1.54, 1.807) is 13.2 Å². The Balaban J connectivity index is 2.58. The van der Waals surface area contributed by atoms with E-state index in [1.807, 2.05) is 38.1 Å². The van der Waals surface area contributed by atoms with E-state index in [0.29, 0.717) is 17.0 Å². The summed E-state index contributed by atoms with van der Waals surface area (Å²) < 4.78 is 6.29. The van der Waals surface area contributed by atoms with Crippen LogP contribution in [0.4, 0.5) is 5.69 Å². The molecule has 4 heteroatoms. The smallest absolute Gasteiger partial charge is 0.125 e. The zero-order valence-corrected chi connectivity index (χ0v) is 13.4. The minimum atomic E-state index is -0.817. The number of ether oxygens (including phenoxy) is 1. The Morgan fingerprint density at radius 3 is 2.55 bits per heavy atom. The number of nitrogen functional groups attached to an aromatic ring is 1. The highest BCUT2D eigenvalue weighted by Gasteiger charge is 2.20. The fraction of sp³-hybridized carbons (Fsp3) is 0.250. The topological polar surface area (TPSA) is 55.5 Å². The van der Waals surface area contributed by atoms with Gasteiger partial charge >= 0.3 is 0 Å². The van der Waals surface area contributed by atoms with Crippen LogP contribution in [-0.2, 0) is 0 Å². The van der Waals surface area contributed by atoms with Crippen molar-refractivity contribution >= 4 is 21.6 Å². The Morgan fingerprint density at radius 2 is 1.90 bits per heavy atom. The Hall–Kier alpha value is -1.52. The number of rotatable bonds is 3. The van der Waals surface area contributed by atoms with Gasteiger partial charge in [0.25, 0.3) is 0 Å². The van der Waals surface area contributed by atoms with Crippen molar-refractivity contribution in [1.29, 1.82) is 0 Å². The molecule has 3 N–H and O–H groups in total. The Kier molecular flexibility index (Phi) is 4.35. The van der Waals surface area contributed by atoms with Crippen molar-refractivity contribution in [2.45, 2.75) is 20.0 Å². The number of hydrogen-bond acceptors (Lipinski definition) is 3. The maximum Gasteiger partial charge on any atom is 0.125 e. The molecule has 1 unspecified atom stereocenters. The first kappa shape index (κ1) is 14.9. The molecule has 106 valence electrons. The molecule has 0 radical (unpaired) electrons.